The topological polar surface area (TPSA) is 68.7 Å². The lowest BCUT2D eigenvalue weighted by Crippen LogP contribution is -2.34. The second kappa shape index (κ2) is 9.47. The third-order valence-electron chi connectivity index (χ3n) is 5.54. The van der Waals surface area contributed by atoms with E-state index < -0.39 is 0 Å². The Hall–Kier alpha value is -2.93. The maximum atomic E-state index is 12.2. The summed E-state index contributed by atoms with van der Waals surface area (Å²) in [5.41, 5.74) is 2.69. The molecule has 1 heterocycles. The molecule has 1 aliphatic carbocycles. The van der Waals surface area contributed by atoms with Crippen LogP contribution in [0, 0.1) is 12.8 Å². The minimum Gasteiger partial charge on any atom is -0.486 e. The summed E-state index contributed by atoms with van der Waals surface area (Å²) >= 11 is 1.62. The van der Waals surface area contributed by atoms with Gasteiger partial charge in [-0.2, -0.15) is 0 Å². The molecule has 0 atom stereocenters. The van der Waals surface area contributed by atoms with E-state index in [4.69, 9.17) is 9.47 Å². The first-order valence-corrected chi connectivity index (χ1v) is 11.4. The molecule has 0 spiro atoms. The van der Waals surface area contributed by atoms with Crippen molar-refractivity contribution in [3.05, 3.63) is 53.0 Å². The largest absolute Gasteiger partial charge is 0.486 e. The average molecular weight is 439 g/mol. The van der Waals surface area contributed by atoms with E-state index in [2.05, 4.69) is 11.1 Å². The molecule has 1 fully saturated rings. The number of thiazole rings is 1. The number of anilines is 1. The van der Waals surface area contributed by atoms with E-state index in [1.54, 1.807) is 16.2 Å². The Balaban J connectivity index is 1.37. The van der Waals surface area contributed by atoms with Crippen molar-refractivity contribution in [1.29, 1.82) is 0 Å². The number of hydrogen-bond donors (Lipinski definition) is 0. The first-order chi connectivity index (χ1) is 15.0. The number of esters is 1. The highest BCUT2D eigenvalue weighted by Crippen LogP contribution is 2.29. The molecule has 0 bridgehead atoms. The molecule has 1 aromatic heterocycles. The summed E-state index contributed by atoms with van der Waals surface area (Å²) in [4.78, 5) is 30.4. The van der Waals surface area contributed by atoms with Gasteiger partial charge in [0.25, 0.3) is 0 Å². The Morgan fingerprint density at radius 1 is 1.19 bits per heavy atom. The number of benzene rings is 2. The molecule has 1 aliphatic rings. The zero-order valence-corrected chi connectivity index (χ0v) is 18.6. The fraction of sp³-hybridized carbons (Fsp3) is 0.375. The molecule has 162 valence electrons. The summed E-state index contributed by atoms with van der Waals surface area (Å²) in [7, 11) is 0. The number of nitrogens with zero attached hydrogens (tertiary/aromatic N) is 2. The molecule has 0 saturated heterocycles. The number of carbonyl (C=O) groups is 2. The highest BCUT2D eigenvalue weighted by Gasteiger charge is 2.26. The van der Waals surface area contributed by atoms with Crippen LogP contribution in [0.2, 0.25) is 0 Å². The van der Waals surface area contributed by atoms with Gasteiger partial charge in [-0.25, -0.2) is 4.98 Å². The lowest BCUT2D eigenvalue weighted by molar-refractivity contribution is -0.151. The summed E-state index contributed by atoms with van der Waals surface area (Å²) in [6.45, 7) is 4.39. The van der Waals surface area contributed by atoms with Crippen molar-refractivity contribution < 1.29 is 19.1 Å². The SMILES string of the molecule is CC(=O)N(CCOC(=O)C1CCC1)c1ccc(OCc2nc3ccccc3s2)cc1C. The Labute approximate surface area is 185 Å². The van der Waals surface area contributed by atoms with Gasteiger partial charge < -0.3 is 14.4 Å². The van der Waals surface area contributed by atoms with Crippen molar-refractivity contribution in [2.75, 3.05) is 18.1 Å². The van der Waals surface area contributed by atoms with Crippen LogP contribution in [0.5, 0.6) is 5.75 Å². The van der Waals surface area contributed by atoms with Gasteiger partial charge in [-0.05, 0) is 55.7 Å². The van der Waals surface area contributed by atoms with E-state index in [1.807, 2.05) is 43.3 Å². The van der Waals surface area contributed by atoms with Gasteiger partial charge in [-0.3, -0.25) is 9.59 Å². The van der Waals surface area contributed by atoms with Gasteiger partial charge in [0, 0.05) is 12.6 Å². The van der Waals surface area contributed by atoms with E-state index in [0.29, 0.717) is 13.2 Å². The third kappa shape index (κ3) is 5.05. The van der Waals surface area contributed by atoms with Crippen molar-refractivity contribution in [1.82, 2.24) is 4.98 Å². The molecule has 4 rings (SSSR count). The second-order valence-corrected chi connectivity index (χ2v) is 8.89. The standard InChI is InChI=1S/C24H26N2O4S/c1-16-14-19(30-15-23-25-20-8-3-4-9-22(20)31-23)10-11-21(16)26(17(2)27)12-13-29-24(28)18-6-5-7-18/h3-4,8-11,14,18H,5-7,12-13,15H2,1-2H3. The van der Waals surface area contributed by atoms with Gasteiger partial charge in [0.15, 0.2) is 0 Å². The van der Waals surface area contributed by atoms with Gasteiger partial charge in [0.2, 0.25) is 5.91 Å². The number of fused-ring (bicyclic) bond motifs is 1. The first kappa shape index (κ1) is 21.3. The molecular formula is C24H26N2O4S. The van der Waals surface area contributed by atoms with Crippen molar-refractivity contribution in [2.45, 2.75) is 39.7 Å². The van der Waals surface area contributed by atoms with Crippen LogP contribution < -0.4 is 9.64 Å². The van der Waals surface area contributed by atoms with Crippen molar-refractivity contribution >= 4 is 39.1 Å². The zero-order valence-electron chi connectivity index (χ0n) is 17.8. The number of hydrogen-bond acceptors (Lipinski definition) is 6. The van der Waals surface area contributed by atoms with Gasteiger partial charge in [0.1, 0.15) is 24.0 Å². The van der Waals surface area contributed by atoms with Crippen LogP contribution in [0.25, 0.3) is 10.2 Å². The monoisotopic (exact) mass is 438 g/mol. The maximum Gasteiger partial charge on any atom is 0.308 e. The summed E-state index contributed by atoms with van der Waals surface area (Å²) in [6.07, 6.45) is 2.91. The lowest BCUT2D eigenvalue weighted by Gasteiger charge is -2.26. The molecule has 0 aliphatic heterocycles. The van der Waals surface area contributed by atoms with Gasteiger partial charge in [0.05, 0.1) is 22.7 Å². The molecule has 0 N–H and O–H groups in total. The molecular weight excluding hydrogens is 412 g/mol. The highest BCUT2D eigenvalue weighted by atomic mass is 32.1. The minimum absolute atomic E-state index is 0.0411. The number of aryl methyl sites for hydroxylation is 1. The number of rotatable bonds is 8. The first-order valence-electron chi connectivity index (χ1n) is 10.5. The summed E-state index contributed by atoms with van der Waals surface area (Å²) in [5.74, 6) is 0.524. The quantitative estimate of drug-likeness (QED) is 0.469. The van der Waals surface area contributed by atoms with Crippen LogP contribution in [0.1, 0.15) is 36.8 Å². The van der Waals surface area contributed by atoms with Crippen molar-refractivity contribution in [2.24, 2.45) is 5.92 Å². The highest BCUT2D eigenvalue weighted by molar-refractivity contribution is 7.18. The summed E-state index contributed by atoms with van der Waals surface area (Å²) < 4.78 is 12.4. The predicted octanol–water partition coefficient (Wildman–Crippen LogP) is 4.88. The van der Waals surface area contributed by atoms with Crippen LogP contribution in [-0.4, -0.2) is 30.0 Å². The second-order valence-electron chi connectivity index (χ2n) is 7.78. The normalized spacial score (nSPS) is 13.6. The van der Waals surface area contributed by atoms with Crippen LogP contribution in [-0.2, 0) is 20.9 Å². The molecule has 1 saturated carbocycles. The van der Waals surface area contributed by atoms with Crippen LogP contribution in [0.4, 0.5) is 5.69 Å². The van der Waals surface area contributed by atoms with E-state index in [1.165, 1.54) is 6.92 Å². The third-order valence-corrected chi connectivity index (χ3v) is 6.55. The van der Waals surface area contributed by atoms with E-state index >= 15 is 0 Å². The summed E-state index contributed by atoms with van der Waals surface area (Å²) in [5, 5.41) is 0.918. The molecule has 31 heavy (non-hydrogen) atoms. The molecule has 7 heteroatoms. The smallest absolute Gasteiger partial charge is 0.308 e. The predicted molar refractivity (Wildman–Crippen MR) is 121 cm³/mol. The maximum absolute atomic E-state index is 12.2. The minimum atomic E-state index is -0.148. The summed E-state index contributed by atoms with van der Waals surface area (Å²) in [6, 6.07) is 13.7. The van der Waals surface area contributed by atoms with Gasteiger partial charge in [-0.1, -0.05) is 18.6 Å². The van der Waals surface area contributed by atoms with E-state index in [-0.39, 0.29) is 24.4 Å². The van der Waals surface area contributed by atoms with E-state index in [0.717, 1.165) is 51.5 Å². The molecule has 0 radical (unpaired) electrons. The fourth-order valence-corrected chi connectivity index (χ4v) is 4.47. The number of amides is 1. The van der Waals surface area contributed by atoms with Gasteiger partial charge in [-0.15, -0.1) is 11.3 Å². The molecule has 6 nitrogen and oxygen atoms in total. The number of para-hydroxylation sites is 1. The number of ether oxygens (including phenoxy) is 2. The molecule has 3 aromatic rings. The Bertz CT molecular complexity index is 1060. The van der Waals surface area contributed by atoms with Crippen LogP contribution in [0.15, 0.2) is 42.5 Å². The zero-order chi connectivity index (χ0) is 21.8. The van der Waals surface area contributed by atoms with Crippen LogP contribution >= 0.6 is 11.3 Å². The van der Waals surface area contributed by atoms with Crippen molar-refractivity contribution in [3.8, 4) is 5.75 Å². The van der Waals surface area contributed by atoms with Crippen molar-refractivity contribution in [3.63, 3.8) is 0 Å². The van der Waals surface area contributed by atoms with E-state index in [9.17, 15) is 9.59 Å². The Kier molecular flexibility index (Phi) is 6.51. The van der Waals surface area contributed by atoms with Crippen LogP contribution in [0.3, 0.4) is 0 Å². The fourth-order valence-electron chi connectivity index (χ4n) is 3.59. The molecule has 1 amide bonds. The number of aromatic nitrogens is 1. The molecule has 2 aromatic carbocycles. The average Bonchev–Trinajstić information content (AvgIpc) is 3.12. The Morgan fingerprint density at radius 3 is 2.68 bits per heavy atom. The van der Waals surface area contributed by atoms with Gasteiger partial charge >= 0.3 is 5.97 Å². The lowest BCUT2D eigenvalue weighted by atomic mass is 9.86. The number of carbonyl (C=O) groups excluding carboxylic acids is 2. The molecule has 0 unspecified atom stereocenters. The Morgan fingerprint density at radius 2 is 2.00 bits per heavy atom.